The zero-order valence-electron chi connectivity index (χ0n) is 24.8. The van der Waals surface area contributed by atoms with Crippen LogP contribution in [0.3, 0.4) is 0 Å². The molecule has 0 aliphatic carbocycles. The van der Waals surface area contributed by atoms with Crippen LogP contribution < -0.4 is 0 Å². The van der Waals surface area contributed by atoms with Crippen LogP contribution in [-0.4, -0.2) is 57.6 Å². The Morgan fingerprint density at radius 2 is 1.29 bits per heavy atom. The van der Waals surface area contributed by atoms with Gasteiger partial charge in [0.25, 0.3) is 0 Å². The van der Waals surface area contributed by atoms with Gasteiger partial charge in [0.15, 0.2) is 5.92 Å². The van der Waals surface area contributed by atoms with Crippen molar-refractivity contribution in [3.63, 3.8) is 0 Å². The van der Waals surface area contributed by atoms with Gasteiger partial charge in [-0.05, 0) is 55.6 Å². The van der Waals surface area contributed by atoms with Gasteiger partial charge in [-0.2, -0.15) is 0 Å². The number of halogens is 2. The Balaban J connectivity index is 2.38. The molecule has 0 amide bonds. The van der Waals surface area contributed by atoms with E-state index in [0.717, 1.165) is 41.9 Å². The normalized spacial score (nSPS) is 14.7. The van der Waals surface area contributed by atoms with Gasteiger partial charge in [0, 0.05) is 13.1 Å². The van der Waals surface area contributed by atoms with Crippen molar-refractivity contribution in [2.75, 3.05) is 13.1 Å². The third-order valence-electron chi connectivity index (χ3n) is 8.27. The molecule has 0 aliphatic heterocycles. The second-order valence-corrected chi connectivity index (χ2v) is 11.1. The highest BCUT2D eigenvalue weighted by molar-refractivity contribution is 5.92. The monoisotopic (exact) mass is 574 g/mol. The number of hydrogen-bond acceptors (Lipinski definition) is 4. The minimum atomic E-state index is -1.59. The fourth-order valence-corrected chi connectivity index (χ4v) is 5.83. The van der Waals surface area contributed by atoms with Crippen molar-refractivity contribution >= 4 is 11.9 Å². The van der Waals surface area contributed by atoms with Crippen molar-refractivity contribution in [1.82, 2.24) is 10.2 Å². The van der Waals surface area contributed by atoms with Crippen molar-refractivity contribution in [3.05, 3.63) is 71.8 Å². The van der Waals surface area contributed by atoms with Crippen molar-refractivity contribution in [2.45, 2.75) is 90.6 Å². The van der Waals surface area contributed by atoms with Crippen LogP contribution in [0, 0.1) is 17.8 Å². The maximum atomic E-state index is 16.3. The predicted molar refractivity (Wildman–Crippen MR) is 159 cm³/mol. The van der Waals surface area contributed by atoms with E-state index in [1.165, 1.54) is 0 Å². The van der Waals surface area contributed by atoms with Crippen molar-refractivity contribution < 1.29 is 28.8 Å². The first-order valence-corrected chi connectivity index (χ1v) is 15.1. The van der Waals surface area contributed by atoms with Gasteiger partial charge in [0.2, 0.25) is 0 Å². The van der Waals surface area contributed by atoms with Crippen molar-refractivity contribution in [2.24, 2.45) is 17.8 Å². The molecule has 0 saturated heterocycles. The molecule has 4 unspecified atom stereocenters. The van der Waals surface area contributed by atoms with E-state index < -0.39 is 41.8 Å². The number of carboxylic acid groups (broad SMARTS) is 2. The molecule has 0 spiro atoms. The minimum Gasteiger partial charge on any atom is -0.481 e. The fourth-order valence-electron chi connectivity index (χ4n) is 5.83. The lowest BCUT2D eigenvalue weighted by Crippen LogP contribution is -2.52. The third-order valence-corrected chi connectivity index (χ3v) is 8.27. The summed E-state index contributed by atoms with van der Waals surface area (Å²) in [4.78, 5) is 23.6. The lowest BCUT2D eigenvalue weighted by molar-refractivity contribution is -0.157. The number of hydrogen-bond donors (Lipinski definition) is 2. The number of aliphatic carboxylic acids is 2. The maximum absolute atomic E-state index is 16.3. The van der Waals surface area contributed by atoms with E-state index in [9.17, 15) is 19.8 Å². The van der Waals surface area contributed by atoms with E-state index in [-0.39, 0.29) is 19.5 Å². The second kappa shape index (κ2) is 18.6. The standard InChI is InChI=1S/C33H48F2N2O4/c1-4-6-7-14-19-29(28(5-2)24-30(32(38)39)33(40)41)31(37(35)23-21-27-17-12-9-13-18-27)25(3)36(34)22-20-26-15-10-8-11-16-26/h8-13,15-18,25,28-31H,4-7,14,19-24H2,1-3H3,(H,38,39)(H,40,41). The summed E-state index contributed by atoms with van der Waals surface area (Å²) in [6, 6.07) is 17.4. The van der Waals surface area contributed by atoms with E-state index in [2.05, 4.69) is 6.92 Å². The SMILES string of the molecule is CCCCCCC(C(CC)CC(C(=O)O)C(=O)O)C(C(C)N(F)CCc1ccccc1)N(F)CCc1ccccc1. The lowest BCUT2D eigenvalue weighted by atomic mass is 9.74. The summed E-state index contributed by atoms with van der Waals surface area (Å²) in [6.45, 7) is 5.79. The molecule has 8 heteroatoms. The van der Waals surface area contributed by atoms with Gasteiger partial charge in [-0.1, -0.05) is 107 Å². The first kappa shape index (κ1) is 34.4. The molecule has 4 atom stereocenters. The van der Waals surface area contributed by atoms with Gasteiger partial charge < -0.3 is 10.2 Å². The average molecular weight is 575 g/mol. The Labute approximate surface area is 244 Å². The molecule has 228 valence electrons. The Bertz CT molecular complexity index is 997. The molecule has 0 fully saturated rings. The molecule has 2 rings (SSSR count). The van der Waals surface area contributed by atoms with E-state index >= 15 is 8.96 Å². The fraction of sp³-hybridized carbons (Fsp3) is 0.576. The first-order valence-electron chi connectivity index (χ1n) is 15.1. The summed E-state index contributed by atoms with van der Waals surface area (Å²) < 4.78 is 32.1. The zero-order chi connectivity index (χ0) is 30.2. The topological polar surface area (TPSA) is 81.1 Å². The number of rotatable bonds is 21. The van der Waals surface area contributed by atoms with Crippen LogP contribution in [0.25, 0.3) is 0 Å². The van der Waals surface area contributed by atoms with Crippen LogP contribution in [0.2, 0.25) is 0 Å². The molecule has 0 aromatic heterocycles. The largest absolute Gasteiger partial charge is 0.481 e. The van der Waals surface area contributed by atoms with Crippen LogP contribution >= 0.6 is 0 Å². The summed E-state index contributed by atoms with van der Waals surface area (Å²) in [5.41, 5.74) is 1.94. The summed E-state index contributed by atoms with van der Waals surface area (Å²) in [5, 5.41) is 20.7. The highest BCUT2D eigenvalue weighted by Gasteiger charge is 2.41. The van der Waals surface area contributed by atoms with Crippen molar-refractivity contribution in [1.29, 1.82) is 0 Å². The summed E-state index contributed by atoms with van der Waals surface area (Å²) in [6.07, 6.45) is 5.56. The minimum absolute atomic E-state index is 0.0503. The maximum Gasteiger partial charge on any atom is 0.317 e. The molecule has 6 nitrogen and oxygen atoms in total. The smallest absolute Gasteiger partial charge is 0.317 e. The van der Waals surface area contributed by atoms with E-state index in [4.69, 9.17) is 0 Å². The van der Waals surface area contributed by atoms with Crippen LogP contribution in [0.1, 0.15) is 76.8 Å². The number of carbonyl (C=O) groups is 2. The molecule has 0 radical (unpaired) electrons. The third kappa shape index (κ3) is 11.5. The molecule has 0 bridgehead atoms. The van der Waals surface area contributed by atoms with Crippen LogP contribution in [0.15, 0.2) is 60.7 Å². The summed E-state index contributed by atoms with van der Waals surface area (Å²) in [5.74, 6) is -5.23. The summed E-state index contributed by atoms with van der Waals surface area (Å²) >= 11 is 0. The van der Waals surface area contributed by atoms with E-state index in [1.807, 2.05) is 67.6 Å². The molecular formula is C33H48F2N2O4. The molecule has 2 aromatic rings. The molecule has 0 saturated carbocycles. The number of unbranched alkanes of at least 4 members (excludes halogenated alkanes) is 3. The van der Waals surface area contributed by atoms with Gasteiger partial charge >= 0.3 is 11.9 Å². The quantitative estimate of drug-likeness (QED) is 0.0919. The number of nitrogens with zero attached hydrogens (tertiary/aromatic N) is 2. The Kier molecular flexibility index (Phi) is 15.6. The molecule has 2 N–H and O–H groups in total. The highest BCUT2D eigenvalue weighted by Crippen LogP contribution is 2.36. The van der Waals surface area contributed by atoms with E-state index in [0.29, 0.717) is 30.8 Å². The average Bonchev–Trinajstić information content (AvgIpc) is 2.97. The van der Waals surface area contributed by atoms with Crippen LogP contribution in [0.5, 0.6) is 0 Å². The van der Waals surface area contributed by atoms with Crippen LogP contribution in [-0.2, 0) is 22.4 Å². The number of benzene rings is 2. The summed E-state index contributed by atoms with van der Waals surface area (Å²) in [7, 11) is 0. The van der Waals surface area contributed by atoms with Gasteiger partial charge in [0.05, 0.1) is 12.1 Å². The van der Waals surface area contributed by atoms with Gasteiger partial charge in [-0.3, -0.25) is 9.59 Å². The molecule has 41 heavy (non-hydrogen) atoms. The van der Waals surface area contributed by atoms with Gasteiger partial charge in [-0.25, -0.2) is 0 Å². The Hall–Kier alpha value is -2.84. The first-order chi connectivity index (χ1) is 19.7. The molecule has 0 aliphatic rings. The van der Waals surface area contributed by atoms with Gasteiger partial charge in [0.1, 0.15) is 0 Å². The lowest BCUT2D eigenvalue weighted by Gasteiger charge is -2.41. The highest BCUT2D eigenvalue weighted by atomic mass is 19.2. The van der Waals surface area contributed by atoms with Crippen molar-refractivity contribution in [3.8, 4) is 0 Å². The Morgan fingerprint density at radius 3 is 1.76 bits per heavy atom. The molecule has 0 heterocycles. The zero-order valence-corrected chi connectivity index (χ0v) is 24.8. The van der Waals surface area contributed by atoms with E-state index in [1.54, 1.807) is 6.92 Å². The predicted octanol–water partition coefficient (Wildman–Crippen LogP) is 7.39. The molecule has 2 aromatic carbocycles. The van der Waals surface area contributed by atoms with Crippen LogP contribution in [0.4, 0.5) is 8.96 Å². The Morgan fingerprint density at radius 1 is 0.780 bits per heavy atom. The second-order valence-electron chi connectivity index (χ2n) is 11.1. The van der Waals surface area contributed by atoms with Gasteiger partial charge in [-0.15, -0.1) is 19.2 Å². The molecular weight excluding hydrogens is 526 g/mol. The number of carboxylic acids is 2.